The van der Waals surface area contributed by atoms with Crippen molar-refractivity contribution in [3.05, 3.63) is 31.9 Å². The molecular formula is C12H13IN2O4. The van der Waals surface area contributed by atoms with E-state index in [0.29, 0.717) is 25.2 Å². The van der Waals surface area contributed by atoms with Crippen molar-refractivity contribution in [2.45, 2.75) is 13.3 Å². The van der Waals surface area contributed by atoms with Gasteiger partial charge in [0.2, 0.25) is 0 Å². The molecule has 0 saturated carbocycles. The Morgan fingerprint density at radius 2 is 2.26 bits per heavy atom. The number of anilines is 1. The molecule has 0 aliphatic carbocycles. The van der Waals surface area contributed by atoms with Gasteiger partial charge in [-0.25, -0.2) is 0 Å². The number of carboxylic acid groups (broad SMARTS) is 1. The molecule has 0 amide bonds. The molecule has 0 spiro atoms. The van der Waals surface area contributed by atoms with Gasteiger partial charge in [-0.1, -0.05) is 0 Å². The van der Waals surface area contributed by atoms with Crippen LogP contribution in [-0.2, 0) is 4.79 Å². The van der Waals surface area contributed by atoms with Crippen molar-refractivity contribution in [2.75, 3.05) is 18.0 Å². The molecule has 7 heteroatoms. The van der Waals surface area contributed by atoms with Gasteiger partial charge in [-0.3, -0.25) is 14.9 Å². The topological polar surface area (TPSA) is 83.7 Å². The Morgan fingerprint density at radius 1 is 1.58 bits per heavy atom. The van der Waals surface area contributed by atoms with Crippen LogP contribution in [0.3, 0.4) is 0 Å². The first-order valence-corrected chi connectivity index (χ1v) is 6.84. The largest absolute Gasteiger partial charge is 0.481 e. The van der Waals surface area contributed by atoms with Gasteiger partial charge in [0.25, 0.3) is 5.69 Å². The minimum absolute atomic E-state index is 0.0292. The van der Waals surface area contributed by atoms with Crippen molar-refractivity contribution >= 4 is 39.9 Å². The summed E-state index contributed by atoms with van der Waals surface area (Å²) in [6.45, 7) is 2.49. The lowest BCUT2D eigenvalue weighted by molar-refractivity contribution is -0.384. The van der Waals surface area contributed by atoms with Crippen LogP contribution in [0.15, 0.2) is 18.2 Å². The smallest absolute Gasteiger partial charge is 0.311 e. The van der Waals surface area contributed by atoms with Gasteiger partial charge in [-0.2, -0.15) is 0 Å². The molecule has 2 rings (SSSR count). The van der Waals surface area contributed by atoms with Gasteiger partial charge in [0.1, 0.15) is 5.69 Å². The number of nitrogens with zero attached hydrogens (tertiary/aromatic N) is 2. The Bertz CT molecular complexity index is 549. The summed E-state index contributed by atoms with van der Waals surface area (Å²) in [4.78, 5) is 23.7. The lowest BCUT2D eigenvalue weighted by Gasteiger charge is -2.21. The van der Waals surface area contributed by atoms with E-state index in [1.165, 1.54) is 6.07 Å². The van der Waals surface area contributed by atoms with E-state index in [9.17, 15) is 20.0 Å². The number of aliphatic carboxylic acids is 1. The number of rotatable bonds is 3. The van der Waals surface area contributed by atoms with Crippen LogP contribution in [-0.4, -0.2) is 29.1 Å². The van der Waals surface area contributed by atoms with E-state index in [0.717, 1.165) is 3.57 Å². The Kier molecular flexibility index (Phi) is 3.66. The van der Waals surface area contributed by atoms with Gasteiger partial charge in [0.15, 0.2) is 0 Å². The fourth-order valence-corrected chi connectivity index (χ4v) is 2.73. The molecule has 1 fully saturated rings. The van der Waals surface area contributed by atoms with Crippen molar-refractivity contribution in [1.29, 1.82) is 0 Å². The minimum atomic E-state index is -0.858. The summed E-state index contributed by atoms with van der Waals surface area (Å²) in [5, 5.41) is 20.3. The molecule has 1 aromatic rings. The third-order valence-corrected chi connectivity index (χ3v) is 4.14. The number of hydrogen-bond donors (Lipinski definition) is 1. The van der Waals surface area contributed by atoms with Crippen molar-refractivity contribution in [2.24, 2.45) is 5.41 Å². The molecule has 6 nitrogen and oxygen atoms in total. The highest BCUT2D eigenvalue weighted by molar-refractivity contribution is 14.1. The highest BCUT2D eigenvalue weighted by Gasteiger charge is 2.41. The van der Waals surface area contributed by atoms with E-state index in [2.05, 4.69) is 0 Å². The van der Waals surface area contributed by atoms with E-state index in [-0.39, 0.29) is 5.69 Å². The molecule has 1 unspecified atom stereocenters. The van der Waals surface area contributed by atoms with Crippen molar-refractivity contribution in [3.8, 4) is 0 Å². The lowest BCUT2D eigenvalue weighted by atomic mass is 9.90. The fourth-order valence-electron chi connectivity index (χ4n) is 2.25. The predicted octanol–water partition coefficient (Wildman–Crippen LogP) is 2.50. The Labute approximate surface area is 123 Å². The van der Waals surface area contributed by atoms with E-state index >= 15 is 0 Å². The fraction of sp³-hybridized carbons (Fsp3) is 0.417. The van der Waals surface area contributed by atoms with Crippen molar-refractivity contribution in [3.63, 3.8) is 0 Å². The number of hydrogen-bond acceptors (Lipinski definition) is 4. The summed E-state index contributed by atoms with van der Waals surface area (Å²) >= 11 is 2.02. The number of halogens is 1. The van der Waals surface area contributed by atoms with Gasteiger partial charge in [-0.15, -0.1) is 0 Å². The highest BCUT2D eigenvalue weighted by atomic mass is 127. The van der Waals surface area contributed by atoms with Crippen LogP contribution in [0.2, 0.25) is 0 Å². The first-order valence-electron chi connectivity index (χ1n) is 5.76. The molecule has 0 bridgehead atoms. The summed E-state index contributed by atoms with van der Waals surface area (Å²) in [7, 11) is 0. The average Bonchev–Trinajstić information content (AvgIpc) is 2.73. The molecule has 1 atom stereocenters. The van der Waals surface area contributed by atoms with Crippen LogP contribution >= 0.6 is 22.6 Å². The van der Waals surface area contributed by atoms with Crippen LogP contribution in [0.4, 0.5) is 11.4 Å². The third-order valence-electron chi connectivity index (χ3n) is 3.46. The zero-order valence-electron chi connectivity index (χ0n) is 10.3. The number of benzene rings is 1. The normalized spacial score (nSPS) is 22.5. The standard InChI is InChI=1S/C12H13IN2O4/c1-12(11(16)17)4-5-14(7-12)9-3-2-8(13)6-10(9)15(18)19/h2-3,6H,4-5,7H2,1H3,(H,16,17). The zero-order valence-corrected chi connectivity index (χ0v) is 12.5. The van der Waals surface area contributed by atoms with Crippen LogP contribution in [0, 0.1) is 19.1 Å². The molecular weight excluding hydrogens is 363 g/mol. The molecule has 102 valence electrons. The van der Waals surface area contributed by atoms with E-state index in [1.54, 1.807) is 24.0 Å². The number of nitro benzene ring substituents is 1. The molecule has 1 aliphatic heterocycles. The van der Waals surface area contributed by atoms with Gasteiger partial charge >= 0.3 is 5.97 Å². The maximum absolute atomic E-state index is 11.2. The minimum Gasteiger partial charge on any atom is -0.481 e. The molecule has 1 aliphatic rings. The summed E-state index contributed by atoms with van der Waals surface area (Å²) in [6, 6.07) is 4.99. The number of carbonyl (C=O) groups is 1. The van der Waals surface area contributed by atoms with Gasteiger partial charge in [0.05, 0.1) is 10.3 Å². The SMILES string of the molecule is CC1(C(=O)O)CCN(c2ccc(I)cc2[N+](=O)[O-])C1. The predicted molar refractivity (Wildman–Crippen MR) is 78.4 cm³/mol. The Morgan fingerprint density at radius 3 is 2.79 bits per heavy atom. The monoisotopic (exact) mass is 376 g/mol. The molecule has 1 N–H and O–H groups in total. The summed E-state index contributed by atoms with van der Waals surface area (Å²) in [6.07, 6.45) is 0.492. The Hall–Kier alpha value is -1.38. The second-order valence-corrected chi connectivity index (χ2v) is 6.17. The number of nitro groups is 1. The lowest BCUT2D eigenvalue weighted by Crippen LogP contribution is -2.31. The van der Waals surface area contributed by atoms with Gasteiger partial charge in [0, 0.05) is 22.7 Å². The molecule has 19 heavy (non-hydrogen) atoms. The van der Waals surface area contributed by atoms with Gasteiger partial charge in [-0.05, 0) is 48.1 Å². The average molecular weight is 376 g/mol. The van der Waals surface area contributed by atoms with Crippen LogP contribution < -0.4 is 4.90 Å². The summed E-state index contributed by atoms with van der Waals surface area (Å²) < 4.78 is 0.785. The second kappa shape index (κ2) is 4.95. The van der Waals surface area contributed by atoms with Crippen LogP contribution in [0.5, 0.6) is 0 Å². The summed E-state index contributed by atoms with van der Waals surface area (Å²) in [5.41, 5.74) is -0.312. The van der Waals surface area contributed by atoms with E-state index in [4.69, 9.17) is 0 Å². The maximum Gasteiger partial charge on any atom is 0.311 e. The maximum atomic E-state index is 11.2. The molecule has 0 aromatic heterocycles. The third kappa shape index (κ3) is 2.65. The first-order chi connectivity index (χ1) is 8.83. The molecule has 1 saturated heterocycles. The van der Waals surface area contributed by atoms with Crippen LogP contribution in [0.1, 0.15) is 13.3 Å². The zero-order chi connectivity index (χ0) is 14.2. The van der Waals surface area contributed by atoms with Gasteiger partial charge < -0.3 is 10.0 Å². The van der Waals surface area contributed by atoms with Crippen LogP contribution in [0.25, 0.3) is 0 Å². The summed E-state index contributed by atoms with van der Waals surface area (Å²) in [5.74, 6) is -0.858. The van der Waals surface area contributed by atoms with E-state index < -0.39 is 16.3 Å². The van der Waals surface area contributed by atoms with Crippen molar-refractivity contribution in [1.82, 2.24) is 0 Å². The number of carboxylic acids is 1. The molecule has 1 heterocycles. The second-order valence-electron chi connectivity index (χ2n) is 4.93. The van der Waals surface area contributed by atoms with Crippen molar-refractivity contribution < 1.29 is 14.8 Å². The highest BCUT2D eigenvalue weighted by Crippen LogP contribution is 2.38. The quantitative estimate of drug-likeness (QED) is 0.498. The molecule has 1 aromatic carbocycles. The Balaban J connectivity index is 2.34. The van der Waals surface area contributed by atoms with E-state index in [1.807, 2.05) is 22.6 Å². The molecule has 0 radical (unpaired) electrons. The first kappa shape index (κ1) is 14.0.